The van der Waals surface area contributed by atoms with Gasteiger partial charge in [0.25, 0.3) is 5.91 Å². The quantitative estimate of drug-likeness (QED) is 0.653. The van der Waals surface area contributed by atoms with E-state index in [1.54, 1.807) is 12.4 Å². The van der Waals surface area contributed by atoms with Crippen molar-refractivity contribution >= 4 is 11.8 Å². The average molecular weight is 447 g/mol. The van der Waals surface area contributed by atoms with Crippen LogP contribution in [0.1, 0.15) is 58.1 Å². The summed E-state index contributed by atoms with van der Waals surface area (Å²) in [6.07, 6.45) is 6.43. The molecule has 8 heteroatoms. The standard InChI is InChI=1S/C25H30N6O2/c1-18-6-11-27-31(18)15-10-23(32)29-12-8-20(9-13-29)24-22(16-26-28-24)25(33)30-14-7-19-4-2-3-5-21(19)17-30/h2-6,11,16,20H,7-10,12-15,17H2,1H3,(H,26,28). The Balaban J connectivity index is 1.18. The van der Waals surface area contributed by atoms with Crippen LogP contribution in [-0.4, -0.2) is 61.2 Å². The number of aromatic nitrogens is 4. The first-order chi connectivity index (χ1) is 16.1. The van der Waals surface area contributed by atoms with Crippen molar-refractivity contribution in [3.05, 3.63) is 70.8 Å². The number of benzene rings is 1. The summed E-state index contributed by atoms with van der Waals surface area (Å²) in [5.74, 6) is 0.415. The SMILES string of the molecule is Cc1ccnn1CCC(=O)N1CCC(c2[nH]ncc2C(=O)N2CCc3ccccc3C2)CC1. The summed E-state index contributed by atoms with van der Waals surface area (Å²) in [5, 5.41) is 11.6. The number of carbonyl (C=O) groups excluding carboxylic acids is 2. The van der Waals surface area contributed by atoms with Crippen LogP contribution in [0.2, 0.25) is 0 Å². The molecule has 5 rings (SSSR count). The normalized spacial score (nSPS) is 16.6. The van der Waals surface area contributed by atoms with Gasteiger partial charge >= 0.3 is 0 Å². The molecular formula is C25H30N6O2. The van der Waals surface area contributed by atoms with Crippen molar-refractivity contribution in [1.82, 2.24) is 29.8 Å². The lowest BCUT2D eigenvalue weighted by atomic mass is 9.90. The van der Waals surface area contributed by atoms with Crippen LogP contribution in [0.4, 0.5) is 0 Å². The first-order valence-corrected chi connectivity index (χ1v) is 11.8. The Bertz CT molecular complexity index is 1140. The van der Waals surface area contributed by atoms with E-state index in [9.17, 15) is 9.59 Å². The molecule has 0 aliphatic carbocycles. The molecule has 33 heavy (non-hydrogen) atoms. The molecule has 2 amide bonds. The monoisotopic (exact) mass is 446 g/mol. The van der Waals surface area contributed by atoms with E-state index in [-0.39, 0.29) is 17.7 Å². The molecule has 4 heterocycles. The summed E-state index contributed by atoms with van der Waals surface area (Å²) in [6.45, 7) is 5.37. The second-order valence-electron chi connectivity index (χ2n) is 9.04. The van der Waals surface area contributed by atoms with Crippen LogP contribution >= 0.6 is 0 Å². The highest BCUT2D eigenvalue weighted by atomic mass is 16.2. The molecule has 1 saturated heterocycles. The van der Waals surface area contributed by atoms with E-state index in [2.05, 4.69) is 33.5 Å². The largest absolute Gasteiger partial charge is 0.343 e. The van der Waals surface area contributed by atoms with Crippen LogP contribution in [0.5, 0.6) is 0 Å². The van der Waals surface area contributed by atoms with E-state index >= 15 is 0 Å². The van der Waals surface area contributed by atoms with Crippen LogP contribution in [0, 0.1) is 6.92 Å². The lowest BCUT2D eigenvalue weighted by Crippen LogP contribution is -2.39. The molecule has 172 valence electrons. The first-order valence-electron chi connectivity index (χ1n) is 11.8. The van der Waals surface area contributed by atoms with Gasteiger partial charge in [0.2, 0.25) is 5.91 Å². The van der Waals surface area contributed by atoms with Gasteiger partial charge < -0.3 is 9.80 Å². The van der Waals surface area contributed by atoms with Crippen LogP contribution < -0.4 is 0 Å². The Morgan fingerprint density at radius 3 is 2.61 bits per heavy atom. The zero-order valence-corrected chi connectivity index (χ0v) is 19.0. The smallest absolute Gasteiger partial charge is 0.257 e. The maximum absolute atomic E-state index is 13.3. The van der Waals surface area contributed by atoms with Gasteiger partial charge in [-0.25, -0.2) is 0 Å². The van der Waals surface area contributed by atoms with Crippen molar-refractivity contribution in [2.24, 2.45) is 0 Å². The Morgan fingerprint density at radius 1 is 1.06 bits per heavy atom. The number of aryl methyl sites for hydroxylation is 2. The van der Waals surface area contributed by atoms with Gasteiger partial charge in [-0.05, 0) is 43.4 Å². The number of aromatic amines is 1. The van der Waals surface area contributed by atoms with Gasteiger partial charge in [0, 0.05) is 57.0 Å². The Labute approximate surface area is 193 Å². The van der Waals surface area contributed by atoms with Crippen LogP contribution in [0.25, 0.3) is 0 Å². The number of piperidine rings is 1. The molecule has 0 radical (unpaired) electrons. The van der Waals surface area contributed by atoms with Crippen molar-refractivity contribution in [1.29, 1.82) is 0 Å². The molecule has 2 aliphatic rings. The topological polar surface area (TPSA) is 87.1 Å². The molecule has 1 fully saturated rings. The van der Waals surface area contributed by atoms with E-state index in [1.807, 2.05) is 33.5 Å². The molecule has 8 nitrogen and oxygen atoms in total. The molecule has 3 aromatic rings. The van der Waals surface area contributed by atoms with Crippen molar-refractivity contribution < 1.29 is 9.59 Å². The van der Waals surface area contributed by atoms with Gasteiger partial charge in [0.15, 0.2) is 0 Å². The number of hydrogen-bond donors (Lipinski definition) is 1. The van der Waals surface area contributed by atoms with Crippen LogP contribution in [-0.2, 0) is 24.3 Å². The lowest BCUT2D eigenvalue weighted by Gasteiger charge is -2.33. The fraction of sp³-hybridized carbons (Fsp3) is 0.440. The fourth-order valence-corrected chi connectivity index (χ4v) is 5.03. The van der Waals surface area contributed by atoms with Gasteiger partial charge in [-0.2, -0.15) is 10.2 Å². The molecule has 2 aromatic heterocycles. The van der Waals surface area contributed by atoms with Crippen molar-refractivity contribution in [3.8, 4) is 0 Å². The minimum absolute atomic E-state index is 0.0429. The third-order valence-electron chi connectivity index (χ3n) is 7.04. The average Bonchev–Trinajstić information content (AvgIpc) is 3.51. The maximum atomic E-state index is 13.3. The van der Waals surface area contributed by atoms with E-state index in [0.717, 1.165) is 37.2 Å². The Kier molecular flexibility index (Phi) is 5.98. The van der Waals surface area contributed by atoms with E-state index < -0.39 is 0 Å². The zero-order chi connectivity index (χ0) is 22.8. The molecule has 1 aromatic carbocycles. The minimum Gasteiger partial charge on any atom is -0.343 e. The highest BCUT2D eigenvalue weighted by Gasteiger charge is 2.30. The predicted molar refractivity (Wildman–Crippen MR) is 124 cm³/mol. The Morgan fingerprint density at radius 2 is 1.85 bits per heavy atom. The van der Waals surface area contributed by atoms with E-state index in [0.29, 0.717) is 38.2 Å². The molecule has 0 spiro atoms. The molecule has 0 atom stereocenters. The van der Waals surface area contributed by atoms with Crippen LogP contribution in [0.3, 0.4) is 0 Å². The predicted octanol–water partition coefficient (Wildman–Crippen LogP) is 2.91. The third-order valence-corrected chi connectivity index (χ3v) is 7.04. The zero-order valence-electron chi connectivity index (χ0n) is 19.0. The number of amides is 2. The third kappa shape index (κ3) is 4.42. The fourth-order valence-electron chi connectivity index (χ4n) is 5.03. The second-order valence-corrected chi connectivity index (χ2v) is 9.04. The number of hydrogen-bond acceptors (Lipinski definition) is 4. The Hall–Kier alpha value is -3.42. The second kappa shape index (κ2) is 9.21. The summed E-state index contributed by atoms with van der Waals surface area (Å²) in [4.78, 5) is 29.9. The molecule has 2 aliphatic heterocycles. The maximum Gasteiger partial charge on any atom is 0.257 e. The number of carbonyl (C=O) groups is 2. The lowest BCUT2D eigenvalue weighted by molar-refractivity contribution is -0.132. The molecule has 0 saturated carbocycles. The summed E-state index contributed by atoms with van der Waals surface area (Å²) >= 11 is 0. The minimum atomic E-state index is 0.0429. The molecule has 0 unspecified atom stereocenters. The summed E-state index contributed by atoms with van der Waals surface area (Å²) in [5.41, 5.74) is 5.20. The van der Waals surface area contributed by atoms with Crippen molar-refractivity contribution in [2.45, 2.75) is 51.6 Å². The van der Waals surface area contributed by atoms with Gasteiger partial charge in [-0.15, -0.1) is 0 Å². The van der Waals surface area contributed by atoms with E-state index in [1.165, 1.54) is 11.1 Å². The van der Waals surface area contributed by atoms with Gasteiger partial charge in [-0.1, -0.05) is 24.3 Å². The van der Waals surface area contributed by atoms with Crippen LogP contribution in [0.15, 0.2) is 42.7 Å². The molecule has 0 bridgehead atoms. The summed E-state index contributed by atoms with van der Waals surface area (Å²) in [6, 6.07) is 10.3. The number of rotatable bonds is 5. The summed E-state index contributed by atoms with van der Waals surface area (Å²) in [7, 11) is 0. The van der Waals surface area contributed by atoms with E-state index in [4.69, 9.17) is 0 Å². The first kappa shape index (κ1) is 21.4. The summed E-state index contributed by atoms with van der Waals surface area (Å²) < 4.78 is 1.87. The molecule has 1 N–H and O–H groups in total. The van der Waals surface area contributed by atoms with Crippen molar-refractivity contribution in [3.63, 3.8) is 0 Å². The number of likely N-dealkylation sites (tertiary alicyclic amines) is 1. The van der Waals surface area contributed by atoms with Gasteiger partial charge in [-0.3, -0.25) is 19.4 Å². The highest BCUT2D eigenvalue weighted by Crippen LogP contribution is 2.30. The molecular weight excluding hydrogens is 416 g/mol. The number of nitrogens with one attached hydrogen (secondary N) is 1. The highest BCUT2D eigenvalue weighted by molar-refractivity contribution is 5.95. The van der Waals surface area contributed by atoms with Crippen molar-refractivity contribution in [2.75, 3.05) is 19.6 Å². The number of nitrogens with zero attached hydrogens (tertiary/aromatic N) is 5. The number of fused-ring (bicyclic) bond motifs is 1. The number of H-pyrrole nitrogens is 1. The van der Waals surface area contributed by atoms with Gasteiger partial charge in [0.05, 0.1) is 17.5 Å². The van der Waals surface area contributed by atoms with Gasteiger partial charge in [0.1, 0.15) is 0 Å².